The third-order valence-electron chi connectivity index (χ3n) is 2.91. The van der Waals surface area contributed by atoms with Crippen LogP contribution in [0.3, 0.4) is 0 Å². The molecule has 0 saturated heterocycles. The molecule has 0 unspecified atom stereocenters. The van der Waals surface area contributed by atoms with Crippen LogP contribution in [-0.4, -0.2) is 0 Å². The summed E-state index contributed by atoms with van der Waals surface area (Å²) in [4.78, 5) is 0. The van der Waals surface area contributed by atoms with Crippen molar-refractivity contribution in [1.29, 1.82) is 0 Å². The van der Waals surface area contributed by atoms with E-state index in [1.54, 1.807) is 6.07 Å². The molecule has 0 amide bonds. The lowest BCUT2D eigenvalue weighted by Gasteiger charge is -2.15. The summed E-state index contributed by atoms with van der Waals surface area (Å²) in [5.74, 6) is 1.11. The minimum absolute atomic E-state index is 0.335. The number of rotatable bonds is 3. The first-order valence-corrected chi connectivity index (χ1v) is 6.30. The van der Waals surface area contributed by atoms with Crippen LogP contribution in [0.25, 0.3) is 0 Å². The first-order chi connectivity index (χ1) is 8.95. The van der Waals surface area contributed by atoms with E-state index in [1.807, 2.05) is 25.1 Å². The SMILES string of the molecule is Cc1ccc(C(C)C)c(Oc2cc(N)cc(F)c2)c1. The lowest BCUT2D eigenvalue weighted by atomic mass is 10.0. The molecule has 0 spiro atoms. The van der Waals surface area contributed by atoms with Crippen LogP contribution < -0.4 is 10.5 Å². The van der Waals surface area contributed by atoms with Crippen LogP contribution in [0.1, 0.15) is 30.9 Å². The molecule has 2 rings (SSSR count). The largest absolute Gasteiger partial charge is 0.457 e. The average Bonchev–Trinajstić information content (AvgIpc) is 2.26. The molecule has 0 aliphatic rings. The number of anilines is 1. The molecular formula is C16H18FNO. The van der Waals surface area contributed by atoms with Crippen LogP contribution >= 0.6 is 0 Å². The van der Waals surface area contributed by atoms with E-state index in [2.05, 4.69) is 13.8 Å². The number of benzene rings is 2. The van der Waals surface area contributed by atoms with E-state index in [0.717, 1.165) is 16.9 Å². The van der Waals surface area contributed by atoms with Gasteiger partial charge in [-0.3, -0.25) is 0 Å². The standard InChI is InChI=1S/C16H18FNO/c1-10(2)15-5-4-11(3)6-16(15)19-14-8-12(17)7-13(18)9-14/h4-10H,18H2,1-3H3. The Kier molecular flexibility index (Phi) is 3.74. The zero-order valence-corrected chi connectivity index (χ0v) is 11.4. The van der Waals surface area contributed by atoms with Crippen LogP contribution in [0.15, 0.2) is 36.4 Å². The summed E-state index contributed by atoms with van der Waals surface area (Å²) >= 11 is 0. The van der Waals surface area contributed by atoms with Crippen molar-refractivity contribution >= 4 is 5.69 Å². The van der Waals surface area contributed by atoms with Crippen molar-refractivity contribution in [3.8, 4) is 11.5 Å². The van der Waals surface area contributed by atoms with Crippen LogP contribution in [0.5, 0.6) is 11.5 Å². The Morgan fingerprint density at radius 1 is 1.11 bits per heavy atom. The summed E-state index contributed by atoms with van der Waals surface area (Å²) in [7, 11) is 0. The maximum Gasteiger partial charge on any atom is 0.132 e. The van der Waals surface area contributed by atoms with Crippen LogP contribution in [0.4, 0.5) is 10.1 Å². The highest BCUT2D eigenvalue weighted by molar-refractivity contribution is 5.48. The van der Waals surface area contributed by atoms with Crippen LogP contribution in [-0.2, 0) is 0 Å². The van der Waals surface area contributed by atoms with E-state index in [0.29, 0.717) is 17.4 Å². The maximum absolute atomic E-state index is 13.3. The molecule has 0 fully saturated rings. The van der Waals surface area contributed by atoms with Crippen molar-refractivity contribution in [3.63, 3.8) is 0 Å². The molecule has 19 heavy (non-hydrogen) atoms. The molecule has 0 aromatic heterocycles. The minimum Gasteiger partial charge on any atom is -0.457 e. The molecule has 0 saturated carbocycles. The lowest BCUT2D eigenvalue weighted by molar-refractivity contribution is 0.468. The normalized spacial score (nSPS) is 10.8. The van der Waals surface area contributed by atoms with Gasteiger partial charge in [0.05, 0.1) is 0 Å². The van der Waals surface area contributed by atoms with Crippen molar-refractivity contribution < 1.29 is 9.13 Å². The van der Waals surface area contributed by atoms with Gasteiger partial charge in [0.1, 0.15) is 17.3 Å². The van der Waals surface area contributed by atoms with Crippen LogP contribution in [0, 0.1) is 12.7 Å². The van der Waals surface area contributed by atoms with E-state index in [1.165, 1.54) is 12.1 Å². The van der Waals surface area contributed by atoms with E-state index in [-0.39, 0.29) is 0 Å². The van der Waals surface area contributed by atoms with Gasteiger partial charge in [0.2, 0.25) is 0 Å². The fourth-order valence-electron chi connectivity index (χ4n) is 1.98. The monoisotopic (exact) mass is 259 g/mol. The summed E-state index contributed by atoms with van der Waals surface area (Å²) in [5, 5.41) is 0. The number of aryl methyl sites for hydroxylation is 1. The summed E-state index contributed by atoms with van der Waals surface area (Å²) in [6.07, 6.45) is 0. The average molecular weight is 259 g/mol. The molecule has 0 radical (unpaired) electrons. The van der Waals surface area contributed by atoms with E-state index >= 15 is 0 Å². The minimum atomic E-state index is -0.395. The van der Waals surface area contributed by atoms with E-state index in [4.69, 9.17) is 10.5 Å². The summed E-state index contributed by atoms with van der Waals surface area (Å²) in [5.41, 5.74) is 8.17. The highest BCUT2D eigenvalue weighted by atomic mass is 19.1. The molecule has 0 heterocycles. The smallest absolute Gasteiger partial charge is 0.132 e. The Bertz CT molecular complexity index is 573. The third kappa shape index (κ3) is 3.25. The Hall–Kier alpha value is -2.03. The van der Waals surface area contributed by atoms with Gasteiger partial charge in [-0.05, 0) is 36.1 Å². The molecule has 0 atom stereocenters. The van der Waals surface area contributed by atoms with E-state index in [9.17, 15) is 4.39 Å². The zero-order chi connectivity index (χ0) is 14.0. The molecule has 0 aliphatic heterocycles. The molecule has 2 nitrogen and oxygen atoms in total. The number of hydrogen-bond donors (Lipinski definition) is 1. The topological polar surface area (TPSA) is 35.2 Å². The fourth-order valence-corrected chi connectivity index (χ4v) is 1.98. The third-order valence-corrected chi connectivity index (χ3v) is 2.91. The van der Waals surface area contributed by atoms with Gasteiger partial charge in [-0.2, -0.15) is 0 Å². The fraction of sp³-hybridized carbons (Fsp3) is 0.250. The predicted molar refractivity (Wildman–Crippen MR) is 76.2 cm³/mol. The Morgan fingerprint density at radius 3 is 2.47 bits per heavy atom. The predicted octanol–water partition coefficient (Wildman–Crippen LogP) is 4.63. The van der Waals surface area contributed by atoms with Gasteiger partial charge in [-0.25, -0.2) is 4.39 Å². The van der Waals surface area contributed by atoms with Gasteiger partial charge < -0.3 is 10.5 Å². The molecule has 2 aromatic rings. The lowest BCUT2D eigenvalue weighted by Crippen LogP contribution is -1.96. The molecule has 3 heteroatoms. The second kappa shape index (κ2) is 5.31. The van der Waals surface area contributed by atoms with Crippen molar-refractivity contribution in [2.24, 2.45) is 0 Å². The molecule has 2 aromatic carbocycles. The first-order valence-electron chi connectivity index (χ1n) is 6.30. The number of nitrogen functional groups attached to an aromatic ring is 1. The maximum atomic E-state index is 13.3. The number of hydrogen-bond acceptors (Lipinski definition) is 2. The van der Waals surface area contributed by atoms with Crippen molar-refractivity contribution in [1.82, 2.24) is 0 Å². The second-order valence-corrected chi connectivity index (χ2v) is 5.02. The summed E-state index contributed by atoms with van der Waals surface area (Å²) in [6, 6.07) is 10.3. The van der Waals surface area contributed by atoms with Gasteiger partial charge in [0, 0.05) is 17.8 Å². The number of nitrogens with two attached hydrogens (primary N) is 1. The molecule has 2 N–H and O–H groups in total. The van der Waals surface area contributed by atoms with E-state index < -0.39 is 5.82 Å². The van der Waals surface area contributed by atoms with Gasteiger partial charge in [-0.1, -0.05) is 26.0 Å². The Labute approximate surface area is 113 Å². The van der Waals surface area contributed by atoms with Gasteiger partial charge >= 0.3 is 0 Å². The zero-order valence-electron chi connectivity index (χ0n) is 11.4. The molecule has 100 valence electrons. The second-order valence-electron chi connectivity index (χ2n) is 5.02. The van der Waals surface area contributed by atoms with Crippen molar-refractivity contribution in [2.45, 2.75) is 26.7 Å². The van der Waals surface area contributed by atoms with Gasteiger partial charge in [0.15, 0.2) is 0 Å². The molecule has 0 bridgehead atoms. The quantitative estimate of drug-likeness (QED) is 0.815. The highest BCUT2D eigenvalue weighted by Crippen LogP contribution is 2.32. The Morgan fingerprint density at radius 2 is 1.84 bits per heavy atom. The molecule has 0 aliphatic carbocycles. The van der Waals surface area contributed by atoms with Crippen molar-refractivity contribution in [2.75, 3.05) is 5.73 Å². The molecular weight excluding hydrogens is 241 g/mol. The first kappa shape index (κ1) is 13.4. The van der Waals surface area contributed by atoms with Gasteiger partial charge in [-0.15, -0.1) is 0 Å². The van der Waals surface area contributed by atoms with Gasteiger partial charge in [0.25, 0.3) is 0 Å². The number of halogens is 1. The van der Waals surface area contributed by atoms with Crippen molar-refractivity contribution in [3.05, 3.63) is 53.3 Å². The number of ether oxygens (including phenoxy) is 1. The summed E-state index contributed by atoms with van der Waals surface area (Å²) < 4.78 is 19.1. The summed E-state index contributed by atoms with van der Waals surface area (Å²) in [6.45, 7) is 6.19. The van der Waals surface area contributed by atoms with Crippen LogP contribution in [0.2, 0.25) is 0 Å². The Balaban J connectivity index is 2.39. The highest BCUT2D eigenvalue weighted by Gasteiger charge is 2.10.